The predicted molar refractivity (Wildman–Crippen MR) is 99.4 cm³/mol. The second-order valence-electron chi connectivity index (χ2n) is 6.46. The Bertz CT molecular complexity index is 553. The van der Waals surface area contributed by atoms with E-state index in [0.717, 1.165) is 55.4 Å². The van der Waals surface area contributed by atoms with Crippen LogP contribution in [0, 0.1) is 0 Å². The summed E-state index contributed by atoms with van der Waals surface area (Å²) < 4.78 is 37.5. The van der Waals surface area contributed by atoms with Gasteiger partial charge in [0.05, 0.1) is 0 Å². The molecule has 0 saturated heterocycles. The highest BCUT2D eigenvalue weighted by Crippen LogP contribution is 2.28. The first-order valence-electron chi connectivity index (χ1n) is 9.10. The third-order valence-electron chi connectivity index (χ3n) is 4.25. The quantitative estimate of drug-likeness (QED) is 0.431. The molecular formula is C19H32O4S. The van der Waals surface area contributed by atoms with Gasteiger partial charge in [-0.25, -0.2) is 0 Å². The monoisotopic (exact) mass is 356 g/mol. The zero-order valence-corrected chi connectivity index (χ0v) is 16.1. The number of unbranched alkanes of at least 4 members (excludes halogenated alkanes) is 4. The zero-order valence-electron chi connectivity index (χ0n) is 15.3. The maximum Gasteiger partial charge on any atom is 0.270 e. The fourth-order valence-electron chi connectivity index (χ4n) is 2.63. The van der Waals surface area contributed by atoms with Gasteiger partial charge in [-0.05, 0) is 43.7 Å². The van der Waals surface area contributed by atoms with E-state index in [-0.39, 0.29) is 6.61 Å². The van der Waals surface area contributed by atoms with E-state index in [0.29, 0.717) is 0 Å². The van der Waals surface area contributed by atoms with Crippen molar-refractivity contribution in [3.63, 3.8) is 0 Å². The molecular weight excluding hydrogens is 324 g/mol. The van der Waals surface area contributed by atoms with Crippen molar-refractivity contribution in [2.45, 2.75) is 77.4 Å². The molecule has 1 N–H and O–H groups in total. The number of para-hydroxylation sites is 1. The van der Waals surface area contributed by atoms with Gasteiger partial charge in [0, 0.05) is 0 Å². The minimum absolute atomic E-state index is 0.0234. The summed E-state index contributed by atoms with van der Waals surface area (Å²) in [6, 6.07) is 6.18. The average Bonchev–Trinajstić information content (AvgIpc) is 2.53. The fraction of sp³-hybridized carbons (Fsp3) is 0.684. The summed E-state index contributed by atoms with van der Waals surface area (Å²) in [5.41, 5.74) is 2.28. The van der Waals surface area contributed by atoms with Crippen LogP contribution >= 0.6 is 0 Å². The van der Waals surface area contributed by atoms with Crippen LogP contribution in [-0.4, -0.2) is 24.8 Å². The second kappa shape index (κ2) is 10.7. The SMILES string of the molecule is CCCCCc1cccc(CCCCC)c1OCC(C)S(=O)(=O)O. The molecule has 1 rings (SSSR count). The Morgan fingerprint density at radius 1 is 1.00 bits per heavy atom. The first-order chi connectivity index (χ1) is 11.4. The van der Waals surface area contributed by atoms with E-state index in [1.54, 1.807) is 0 Å². The molecule has 0 spiro atoms. The van der Waals surface area contributed by atoms with E-state index in [2.05, 4.69) is 32.0 Å². The molecule has 1 aromatic rings. The molecule has 4 nitrogen and oxygen atoms in total. The van der Waals surface area contributed by atoms with Gasteiger partial charge >= 0.3 is 0 Å². The molecule has 1 atom stereocenters. The minimum Gasteiger partial charge on any atom is -0.492 e. The molecule has 1 aromatic carbocycles. The van der Waals surface area contributed by atoms with Gasteiger partial charge < -0.3 is 4.74 Å². The lowest BCUT2D eigenvalue weighted by atomic mass is 9.99. The molecule has 138 valence electrons. The van der Waals surface area contributed by atoms with Crippen molar-refractivity contribution in [1.29, 1.82) is 0 Å². The summed E-state index contributed by atoms with van der Waals surface area (Å²) in [5, 5.41) is -0.926. The second-order valence-corrected chi connectivity index (χ2v) is 8.29. The standard InChI is InChI=1S/C19H32O4S/c1-4-6-8-11-17-13-10-14-18(12-9-7-5-2)19(17)23-15-16(3)24(20,21)22/h10,13-14,16H,4-9,11-12,15H2,1-3H3,(H,20,21,22). The molecule has 0 aliphatic rings. The highest BCUT2D eigenvalue weighted by atomic mass is 32.2. The van der Waals surface area contributed by atoms with E-state index in [1.165, 1.54) is 19.8 Å². The molecule has 0 fully saturated rings. The van der Waals surface area contributed by atoms with E-state index < -0.39 is 15.4 Å². The van der Waals surface area contributed by atoms with Crippen LogP contribution in [-0.2, 0) is 23.0 Å². The Morgan fingerprint density at radius 3 is 1.92 bits per heavy atom. The molecule has 0 aliphatic heterocycles. The molecule has 0 radical (unpaired) electrons. The lowest BCUT2D eigenvalue weighted by Crippen LogP contribution is -2.24. The van der Waals surface area contributed by atoms with E-state index >= 15 is 0 Å². The maximum absolute atomic E-state index is 11.2. The summed E-state index contributed by atoms with van der Waals surface area (Å²) in [6.07, 6.45) is 8.72. The fourth-order valence-corrected chi connectivity index (χ4v) is 2.87. The molecule has 0 amide bonds. The lowest BCUT2D eigenvalue weighted by molar-refractivity contribution is 0.304. The Balaban J connectivity index is 2.91. The number of aryl methyl sites for hydroxylation is 2. The normalized spacial score (nSPS) is 13.0. The summed E-state index contributed by atoms with van der Waals surface area (Å²) in [4.78, 5) is 0. The van der Waals surface area contributed by atoms with Crippen LogP contribution in [0.2, 0.25) is 0 Å². The van der Waals surface area contributed by atoms with Gasteiger partial charge in [-0.2, -0.15) is 8.42 Å². The molecule has 0 aromatic heterocycles. The van der Waals surface area contributed by atoms with E-state index in [9.17, 15) is 8.42 Å². The van der Waals surface area contributed by atoms with Gasteiger partial charge in [-0.15, -0.1) is 0 Å². The van der Waals surface area contributed by atoms with Gasteiger partial charge in [-0.1, -0.05) is 57.7 Å². The molecule has 24 heavy (non-hydrogen) atoms. The van der Waals surface area contributed by atoms with Crippen molar-refractivity contribution in [2.24, 2.45) is 0 Å². The van der Waals surface area contributed by atoms with Crippen LogP contribution < -0.4 is 4.74 Å². The van der Waals surface area contributed by atoms with Crippen LogP contribution in [0.3, 0.4) is 0 Å². The van der Waals surface area contributed by atoms with Crippen molar-refractivity contribution < 1.29 is 17.7 Å². The molecule has 0 aliphatic carbocycles. The number of ether oxygens (including phenoxy) is 1. The largest absolute Gasteiger partial charge is 0.492 e. The summed E-state index contributed by atoms with van der Waals surface area (Å²) >= 11 is 0. The lowest BCUT2D eigenvalue weighted by Gasteiger charge is -2.18. The molecule has 5 heteroatoms. The van der Waals surface area contributed by atoms with Crippen LogP contribution in [0.5, 0.6) is 5.75 Å². The molecule has 0 saturated carbocycles. The third-order valence-corrected chi connectivity index (χ3v) is 5.40. The topological polar surface area (TPSA) is 63.6 Å². The zero-order chi connectivity index (χ0) is 18.0. The Labute approximate surface area is 147 Å². The highest BCUT2D eigenvalue weighted by molar-refractivity contribution is 7.86. The van der Waals surface area contributed by atoms with Crippen LogP contribution in [0.25, 0.3) is 0 Å². The minimum atomic E-state index is -4.07. The third kappa shape index (κ3) is 7.22. The van der Waals surface area contributed by atoms with Gasteiger partial charge in [0.15, 0.2) is 0 Å². The smallest absolute Gasteiger partial charge is 0.270 e. The van der Waals surface area contributed by atoms with E-state index in [4.69, 9.17) is 9.29 Å². The van der Waals surface area contributed by atoms with Gasteiger partial charge in [0.25, 0.3) is 10.1 Å². The summed E-state index contributed by atoms with van der Waals surface area (Å²) in [7, 11) is -4.07. The predicted octanol–water partition coefficient (Wildman–Crippen LogP) is 4.81. The average molecular weight is 357 g/mol. The Hall–Kier alpha value is -1.07. The van der Waals surface area contributed by atoms with Crippen LogP contribution in [0.15, 0.2) is 18.2 Å². The Morgan fingerprint density at radius 2 is 1.50 bits per heavy atom. The maximum atomic E-state index is 11.2. The van der Waals surface area contributed by atoms with E-state index in [1.807, 2.05) is 0 Å². The summed E-state index contributed by atoms with van der Waals surface area (Å²) in [6.45, 7) is 5.79. The van der Waals surface area contributed by atoms with Crippen molar-refractivity contribution in [1.82, 2.24) is 0 Å². The number of benzene rings is 1. The van der Waals surface area contributed by atoms with Crippen molar-refractivity contribution in [3.05, 3.63) is 29.3 Å². The molecule has 0 bridgehead atoms. The molecule has 1 unspecified atom stereocenters. The summed E-state index contributed by atoms with van der Waals surface area (Å²) in [5.74, 6) is 0.820. The Kier molecular flexibility index (Phi) is 9.37. The van der Waals surface area contributed by atoms with Crippen molar-refractivity contribution in [3.8, 4) is 5.75 Å². The highest BCUT2D eigenvalue weighted by Gasteiger charge is 2.19. The van der Waals surface area contributed by atoms with Gasteiger partial charge in [0.2, 0.25) is 0 Å². The number of rotatable bonds is 12. The molecule has 0 heterocycles. The van der Waals surface area contributed by atoms with Crippen LogP contribution in [0.1, 0.15) is 70.4 Å². The first kappa shape index (κ1) is 21.0. The van der Waals surface area contributed by atoms with Gasteiger partial charge in [-0.3, -0.25) is 4.55 Å². The van der Waals surface area contributed by atoms with Crippen molar-refractivity contribution >= 4 is 10.1 Å². The number of hydrogen-bond donors (Lipinski definition) is 1. The van der Waals surface area contributed by atoms with Crippen molar-refractivity contribution in [2.75, 3.05) is 6.61 Å². The van der Waals surface area contributed by atoms with Crippen LogP contribution in [0.4, 0.5) is 0 Å². The van der Waals surface area contributed by atoms with Gasteiger partial charge in [0.1, 0.15) is 17.6 Å². The number of hydrogen-bond acceptors (Lipinski definition) is 3. The first-order valence-corrected chi connectivity index (χ1v) is 10.6.